The molecule has 3 rings (SSSR count). The lowest BCUT2D eigenvalue weighted by atomic mass is 10.1. The van der Waals surface area contributed by atoms with Gasteiger partial charge in [-0.2, -0.15) is 8.78 Å². The first-order chi connectivity index (χ1) is 14.2. The third-order valence-corrected chi connectivity index (χ3v) is 4.89. The zero-order valence-electron chi connectivity index (χ0n) is 17.0. The molecule has 1 heterocycles. The van der Waals surface area contributed by atoms with E-state index < -0.39 is 6.61 Å². The van der Waals surface area contributed by atoms with E-state index in [1.165, 1.54) is 5.56 Å². The summed E-state index contributed by atoms with van der Waals surface area (Å²) < 4.78 is 35.6. The highest BCUT2D eigenvalue weighted by atomic mass is 127. The van der Waals surface area contributed by atoms with Gasteiger partial charge >= 0.3 is 6.61 Å². The van der Waals surface area contributed by atoms with E-state index in [1.54, 1.807) is 31.3 Å². The summed E-state index contributed by atoms with van der Waals surface area (Å²) in [4.78, 5) is 6.51. The summed E-state index contributed by atoms with van der Waals surface area (Å²) in [5.41, 5.74) is 1.83. The summed E-state index contributed by atoms with van der Waals surface area (Å²) in [6, 6.07) is 16.9. The zero-order valence-corrected chi connectivity index (χ0v) is 19.3. The average molecular weight is 531 g/mol. The van der Waals surface area contributed by atoms with Gasteiger partial charge in [0.25, 0.3) is 0 Å². The molecule has 2 aromatic rings. The van der Waals surface area contributed by atoms with Crippen LogP contribution in [0.5, 0.6) is 5.75 Å². The molecule has 30 heavy (non-hydrogen) atoms. The monoisotopic (exact) mass is 531 g/mol. The molecule has 1 atom stereocenters. The number of hydrogen-bond acceptors (Lipinski definition) is 3. The van der Waals surface area contributed by atoms with Crippen molar-refractivity contribution in [3.05, 3.63) is 65.7 Å². The van der Waals surface area contributed by atoms with Crippen LogP contribution >= 0.6 is 24.0 Å². The van der Waals surface area contributed by atoms with Crippen LogP contribution < -0.4 is 10.1 Å². The Balaban J connectivity index is 0.00000320. The number of alkyl halides is 2. The van der Waals surface area contributed by atoms with E-state index in [0.717, 1.165) is 25.5 Å². The van der Waals surface area contributed by atoms with Crippen LogP contribution in [0.1, 0.15) is 17.5 Å². The fraction of sp³-hybridized carbons (Fsp3) is 0.409. The molecule has 0 radical (unpaired) electrons. The first kappa shape index (κ1) is 24.3. The third kappa shape index (κ3) is 7.39. The van der Waals surface area contributed by atoms with Crippen molar-refractivity contribution in [1.29, 1.82) is 0 Å². The Bertz CT molecular complexity index is 793. The van der Waals surface area contributed by atoms with Gasteiger partial charge in [0.1, 0.15) is 5.75 Å². The second kappa shape index (κ2) is 12.7. The number of halogens is 3. The number of benzene rings is 2. The molecule has 1 saturated heterocycles. The van der Waals surface area contributed by atoms with Gasteiger partial charge in [-0.1, -0.05) is 48.5 Å². The molecule has 0 bridgehead atoms. The van der Waals surface area contributed by atoms with Gasteiger partial charge in [0, 0.05) is 38.2 Å². The minimum absolute atomic E-state index is 0. The lowest BCUT2D eigenvalue weighted by Gasteiger charge is -2.22. The van der Waals surface area contributed by atoms with Crippen molar-refractivity contribution in [1.82, 2.24) is 10.2 Å². The Morgan fingerprint density at radius 2 is 1.90 bits per heavy atom. The quantitative estimate of drug-likeness (QED) is 0.309. The fourth-order valence-corrected chi connectivity index (χ4v) is 3.45. The molecular formula is C22H28F2IN3O2. The van der Waals surface area contributed by atoms with Crippen LogP contribution in [0, 0.1) is 5.92 Å². The van der Waals surface area contributed by atoms with Crippen LogP contribution in [-0.4, -0.2) is 44.2 Å². The van der Waals surface area contributed by atoms with E-state index in [9.17, 15) is 8.78 Å². The largest absolute Gasteiger partial charge is 0.434 e. The highest BCUT2D eigenvalue weighted by molar-refractivity contribution is 14.0. The van der Waals surface area contributed by atoms with E-state index in [0.29, 0.717) is 31.2 Å². The SMILES string of the molecule is CN=C(NCc1ccccc1OC(F)F)N1CCC(COCc2ccccc2)C1.I. The van der Waals surface area contributed by atoms with Crippen LogP contribution in [0.2, 0.25) is 0 Å². The molecule has 164 valence electrons. The van der Waals surface area contributed by atoms with Gasteiger partial charge in [-0.25, -0.2) is 0 Å². The van der Waals surface area contributed by atoms with Gasteiger partial charge in [-0.3, -0.25) is 4.99 Å². The number of para-hydroxylation sites is 1. The van der Waals surface area contributed by atoms with E-state index >= 15 is 0 Å². The Morgan fingerprint density at radius 3 is 2.63 bits per heavy atom. The topological polar surface area (TPSA) is 46.1 Å². The van der Waals surface area contributed by atoms with Gasteiger partial charge in [0.2, 0.25) is 0 Å². The van der Waals surface area contributed by atoms with E-state index in [-0.39, 0.29) is 29.7 Å². The molecule has 8 heteroatoms. The summed E-state index contributed by atoms with van der Waals surface area (Å²) in [5, 5.41) is 3.25. The molecule has 0 aromatic heterocycles. The number of rotatable bonds is 8. The Kier molecular flexibility index (Phi) is 10.3. The predicted molar refractivity (Wildman–Crippen MR) is 124 cm³/mol. The van der Waals surface area contributed by atoms with Crippen LogP contribution in [0.3, 0.4) is 0 Å². The molecule has 2 aromatic carbocycles. The Hall–Kier alpha value is -1.94. The number of nitrogens with zero attached hydrogens (tertiary/aromatic N) is 2. The van der Waals surface area contributed by atoms with Crippen molar-refractivity contribution in [2.24, 2.45) is 10.9 Å². The maximum absolute atomic E-state index is 12.6. The van der Waals surface area contributed by atoms with E-state index in [1.807, 2.05) is 18.2 Å². The number of guanidine groups is 1. The molecule has 0 amide bonds. The smallest absolute Gasteiger partial charge is 0.387 e. The first-order valence-corrected chi connectivity index (χ1v) is 9.75. The van der Waals surface area contributed by atoms with Crippen LogP contribution in [0.15, 0.2) is 59.6 Å². The van der Waals surface area contributed by atoms with E-state index in [2.05, 4.69) is 32.1 Å². The van der Waals surface area contributed by atoms with E-state index in [4.69, 9.17) is 4.74 Å². The van der Waals surface area contributed by atoms with Crippen molar-refractivity contribution < 1.29 is 18.3 Å². The average Bonchev–Trinajstić information content (AvgIpc) is 3.19. The summed E-state index contributed by atoms with van der Waals surface area (Å²) in [6.45, 7) is 0.573. The fourth-order valence-electron chi connectivity index (χ4n) is 3.45. The molecule has 1 fully saturated rings. The lowest BCUT2D eigenvalue weighted by Crippen LogP contribution is -2.40. The molecule has 0 spiro atoms. The van der Waals surface area contributed by atoms with Crippen molar-refractivity contribution >= 4 is 29.9 Å². The molecule has 0 saturated carbocycles. The Morgan fingerprint density at radius 1 is 1.17 bits per heavy atom. The second-order valence-corrected chi connectivity index (χ2v) is 6.99. The summed E-state index contributed by atoms with van der Waals surface area (Å²) in [5.74, 6) is 1.37. The number of likely N-dealkylation sites (tertiary alicyclic amines) is 1. The van der Waals surface area contributed by atoms with Crippen LogP contribution in [0.4, 0.5) is 8.78 Å². The number of hydrogen-bond donors (Lipinski definition) is 1. The van der Waals surface area contributed by atoms with Gasteiger partial charge in [-0.15, -0.1) is 24.0 Å². The lowest BCUT2D eigenvalue weighted by molar-refractivity contribution is -0.0504. The highest BCUT2D eigenvalue weighted by Crippen LogP contribution is 2.21. The highest BCUT2D eigenvalue weighted by Gasteiger charge is 2.25. The molecule has 1 N–H and O–H groups in total. The van der Waals surface area contributed by atoms with Gasteiger partial charge in [0.15, 0.2) is 5.96 Å². The van der Waals surface area contributed by atoms with Crippen LogP contribution in [0.25, 0.3) is 0 Å². The first-order valence-electron chi connectivity index (χ1n) is 9.75. The van der Waals surface area contributed by atoms with Crippen molar-refractivity contribution in [3.63, 3.8) is 0 Å². The number of ether oxygens (including phenoxy) is 2. The minimum atomic E-state index is -2.84. The molecule has 1 aliphatic heterocycles. The summed E-state index contributed by atoms with van der Waals surface area (Å²) in [7, 11) is 1.73. The number of aliphatic imine (C=N–C) groups is 1. The van der Waals surface area contributed by atoms with Crippen LogP contribution in [-0.2, 0) is 17.9 Å². The second-order valence-electron chi connectivity index (χ2n) is 6.99. The normalized spacial score (nSPS) is 16.5. The molecule has 5 nitrogen and oxygen atoms in total. The predicted octanol–water partition coefficient (Wildman–Crippen LogP) is 4.52. The molecule has 1 unspecified atom stereocenters. The molecular weight excluding hydrogens is 503 g/mol. The van der Waals surface area contributed by atoms with Gasteiger partial charge in [-0.05, 0) is 18.1 Å². The minimum Gasteiger partial charge on any atom is -0.434 e. The van der Waals surface area contributed by atoms with Gasteiger partial charge < -0.3 is 19.7 Å². The summed E-state index contributed by atoms with van der Waals surface area (Å²) in [6.07, 6.45) is 1.03. The third-order valence-electron chi connectivity index (χ3n) is 4.89. The summed E-state index contributed by atoms with van der Waals surface area (Å²) >= 11 is 0. The number of nitrogens with one attached hydrogen (secondary N) is 1. The van der Waals surface area contributed by atoms with Crippen molar-refractivity contribution in [3.8, 4) is 5.75 Å². The maximum Gasteiger partial charge on any atom is 0.387 e. The zero-order chi connectivity index (χ0) is 20.5. The van der Waals surface area contributed by atoms with Crippen molar-refractivity contribution in [2.75, 3.05) is 26.7 Å². The molecule has 0 aliphatic carbocycles. The standard InChI is InChI=1S/C22H27F2N3O2.HI/c1-25-22(26-13-19-9-5-6-10-20(19)29-21(23)24)27-12-11-18(14-27)16-28-15-17-7-3-2-4-8-17;/h2-10,18,21H,11-16H2,1H3,(H,25,26);1H. The van der Waals surface area contributed by atoms with Crippen molar-refractivity contribution in [2.45, 2.75) is 26.2 Å². The molecule has 1 aliphatic rings. The van der Waals surface area contributed by atoms with Gasteiger partial charge in [0.05, 0.1) is 13.2 Å². The Labute approximate surface area is 193 Å². The maximum atomic E-state index is 12.6.